The van der Waals surface area contributed by atoms with Crippen LogP contribution in [0.3, 0.4) is 0 Å². The van der Waals surface area contributed by atoms with Gasteiger partial charge >= 0.3 is 43.4 Å². The standard InChI is InChI=1S/C12H18NO2P.C10H13NO2.C7H12F3N2O4P.C5H9ClO2.C5H12NO2P.C2H2F3NO2.C2H6OP.CH2O/c1-13(10-12(14)16(2,3)15)9-11-7-5-4-6-8-11;1-11(8-10(12)13)7-9-5-3-2-4-6-9;1-17(2,16)5(13)3-11-4-12(15)6(14)7(8,9)10;1-4(2)3-8-5(6)7;1-6-4-5(7)9(2,3)8;3-2(4,5)1(7)6-8;1-4(2)3;1-2/h4-8H,9-10H2,1-3H3;2-6H,7-8H2,1H3,(H,12,13);11,15H,3-4H2,1-2H3;4H,3H2,1-2H3;6H,4H2,1-3H3;8H,(H,6,7);1-2H3;1H2/q;;;;;;+1;. The Bertz CT molecular complexity index is 2200. The summed E-state index contributed by atoms with van der Waals surface area (Å²) in [5.41, 5.74) is 0.960. The Kier molecular flexibility index (Phi) is 48.2. The first-order valence-corrected chi connectivity index (χ1v) is 32.0. The highest BCUT2D eigenvalue weighted by molar-refractivity contribution is 7.79. The number of amides is 2. The Morgan fingerprint density at radius 1 is 0.701 bits per heavy atom. The number of nitrogens with zero attached hydrogens (tertiary/aromatic N) is 3. The monoisotopic (exact) mass is 1220 g/mol. The summed E-state index contributed by atoms with van der Waals surface area (Å²) in [4.78, 5) is 85.0. The number of carboxylic acid groups (broad SMARTS) is 1. The number of nitrogens with one attached hydrogen (secondary N) is 3. The Hall–Kier alpha value is -4.58. The first-order chi connectivity index (χ1) is 34.9. The van der Waals surface area contributed by atoms with Gasteiger partial charge < -0.3 is 33.6 Å². The number of halogens is 7. The number of alkyl halides is 6. The van der Waals surface area contributed by atoms with Gasteiger partial charge in [-0.1, -0.05) is 79.1 Å². The molecule has 0 saturated carbocycles. The number of rotatable bonds is 19. The van der Waals surface area contributed by atoms with Gasteiger partial charge in [-0.2, -0.15) is 26.3 Å². The van der Waals surface area contributed by atoms with Crippen molar-refractivity contribution >= 4 is 87.4 Å². The van der Waals surface area contributed by atoms with Gasteiger partial charge in [-0.15, -0.1) is 0 Å². The van der Waals surface area contributed by atoms with Crippen LogP contribution in [0, 0.1) is 5.92 Å². The van der Waals surface area contributed by atoms with Gasteiger partial charge in [-0.05, 0) is 78.2 Å². The zero-order valence-corrected chi connectivity index (χ0v) is 49.5. The lowest BCUT2D eigenvalue weighted by molar-refractivity contribution is -0.216. The molecular weight excluding hydrogens is 1140 g/mol. The van der Waals surface area contributed by atoms with Crippen molar-refractivity contribution in [2.45, 2.75) is 39.3 Å². The van der Waals surface area contributed by atoms with E-state index >= 15 is 0 Å². The Balaban J connectivity index is -0.000000197. The highest BCUT2D eigenvalue weighted by Crippen LogP contribution is 2.37. The van der Waals surface area contributed by atoms with Crippen molar-refractivity contribution in [3.05, 3.63) is 71.8 Å². The fraction of sp³-hybridized carbons (Fsp3) is 0.545. The van der Waals surface area contributed by atoms with E-state index in [2.05, 4.69) is 15.4 Å². The zero-order chi connectivity index (χ0) is 62.1. The molecule has 0 radical (unpaired) electrons. The average Bonchev–Trinajstić information content (AvgIpc) is 3.28. The number of carboxylic acids is 1. The van der Waals surface area contributed by atoms with Crippen molar-refractivity contribution in [3.8, 4) is 0 Å². The highest BCUT2D eigenvalue weighted by atomic mass is 35.5. The Morgan fingerprint density at radius 3 is 1.29 bits per heavy atom. The number of hydroxylamine groups is 3. The minimum atomic E-state index is -5.19. The molecule has 0 aliphatic heterocycles. The second-order valence-electron chi connectivity index (χ2n) is 17.0. The van der Waals surface area contributed by atoms with Crippen LogP contribution in [0.4, 0.5) is 31.1 Å². The minimum absolute atomic E-state index is 0.0783. The quantitative estimate of drug-likeness (QED) is 0.0201. The molecule has 0 bridgehead atoms. The number of hydrogen-bond acceptors (Lipinski definition) is 19. The van der Waals surface area contributed by atoms with Crippen molar-refractivity contribution in [1.82, 2.24) is 31.0 Å². The van der Waals surface area contributed by atoms with Crippen LogP contribution in [0.15, 0.2) is 60.7 Å². The summed E-state index contributed by atoms with van der Waals surface area (Å²) in [7, 11) is -3.61. The van der Waals surface area contributed by atoms with Crippen molar-refractivity contribution in [1.29, 1.82) is 0 Å². The van der Waals surface area contributed by atoms with Crippen LogP contribution in [0.25, 0.3) is 0 Å². The predicted octanol–water partition coefficient (Wildman–Crippen LogP) is 7.25. The van der Waals surface area contributed by atoms with Gasteiger partial charge in [0.15, 0.2) is 0 Å². The lowest BCUT2D eigenvalue weighted by atomic mass is 10.2. The van der Waals surface area contributed by atoms with Crippen molar-refractivity contribution < 1.29 is 103 Å². The summed E-state index contributed by atoms with van der Waals surface area (Å²) >= 11 is 4.86. The first kappa shape index (κ1) is 83.7. The molecule has 2 aromatic rings. The van der Waals surface area contributed by atoms with Crippen LogP contribution < -0.4 is 16.1 Å². The van der Waals surface area contributed by atoms with E-state index in [9.17, 15) is 78.2 Å². The lowest BCUT2D eigenvalue weighted by Gasteiger charge is -2.17. The predicted molar refractivity (Wildman–Crippen MR) is 283 cm³/mol. The van der Waals surface area contributed by atoms with E-state index in [1.54, 1.807) is 32.3 Å². The number of carbonyl (C=O) groups excluding carboxylic acids is 7. The normalized spacial score (nSPS) is 10.8. The highest BCUT2D eigenvalue weighted by Gasteiger charge is 2.42. The van der Waals surface area contributed by atoms with Crippen LogP contribution in [-0.4, -0.2) is 203 Å². The van der Waals surface area contributed by atoms with Crippen LogP contribution >= 0.6 is 40.8 Å². The van der Waals surface area contributed by atoms with Gasteiger partial charge in [0.2, 0.25) is 16.6 Å². The molecule has 444 valence electrons. The largest absolute Gasteiger partial charge is 0.480 e. The summed E-state index contributed by atoms with van der Waals surface area (Å²) in [5, 5.41) is 28.7. The fourth-order valence-corrected chi connectivity index (χ4v) is 5.53. The molecule has 0 aromatic heterocycles. The molecule has 0 atom stereocenters. The van der Waals surface area contributed by atoms with Crippen molar-refractivity contribution in [3.63, 3.8) is 0 Å². The number of carbonyl (C=O) groups is 8. The number of hydrogen-bond donors (Lipinski definition) is 6. The van der Waals surface area contributed by atoms with Gasteiger partial charge in [-0.25, -0.2) is 15.3 Å². The number of benzene rings is 2. The van der Waals surface area contributed by atoms with Crippen LogP contribution in [0.2, 0.25) is 0 Å². The molecular formula is C44H74ClF6N6O16P4+. The molecule has 0 unspecified atom stereocenters. The number of likely N-dealkylation sites (N-methyl/N-ethyl adjacent to an activating group) is 3. The molecule has 22 nitrogen and oxygen atoms in total. The molecule has 77 heavy (non-hydrogen) atoms. The third kappa shape index (κ3) is 57.4. The molecule has 33 heteroatoms. The second-order valence-corrected chi connectivity index (χ2v) is 28.5. The van der Waals surface area contributed by atoms with Gasteiger partial charge in [0, 0.05) is 24.7 Å². The number of ether oxygens (including phenoxy) is 1. The van der Waals surface area contributed by atoms with Crippen LogP contribution in [0.5, 0.6) is 0 Å². The van der Waals surface area contributed by atoms with Gasteiger partial charge in [0.05, 0.1) is 39.5 Å². The maximum absolute atomic E-state index is 11.8. The Labute approximate surface area is 451 Å². The third-order valence-electron chi connectivity index (χ3n) is 7.43. The van der Waals surface area contributed by atoms with Crippen LogP contribution in [0.1, 0.15) is 25.0 Å². The molecule has 2 amide bonds. The summed E-state index contributed by atoms with van der Waals surface area (Å²) in [5.74, 6) is -5.25. The molecule has 0 saturated heterocycles. The summed E-state index contributed by atoms with van der Waals surface area (Å²) < 4.78 is 116. The van der Waals surface area contributed by atoms with Crippen molar-refractivity contribution in [2.75, 3.05) is 114 Å². The maximum Gasteiger partial charge on any atom is 0.473 e. The van der Waals surface area contributed by atoms with Gasteiger partial charge in [-0.3, -0.25) is 54.3 Å². The van der Waals surface area contributed by atoms with Crippen LogP contribution in [-0.2, 0) is 69.6 Å². The first-order valence-electron chi connectivity index (χ1n) is 21.7. The summed E-state index contributed by atoms with van der Waals surface area (Å²) in [6.07, 6.45) is -10.2. The molecule has 0 heterocycles. The zero-order valence-electron chi connectivity index (χ0n) is 45.1. The molecule has 2 aromatic carbocycles. The molecule has 0 fully saturated rings. The fourth-order valence-electron chi connectivity index (χ4n) is 3.85. The van der Waals surface area contributed by atoms with Gasteiger partial charge in [0.25, 0.3) is 0 Å². The molecule has 2 rings (SSSR count). The molecule has 0 spiro atoms. The maximum atomic E-state index is 11.8. The van der Waals surface area contributed by atoms with E-state index < -0.39 is 88.6 Å². The third-order valence-corrected chi connectivity index (χ3v) is 11.6. The molecule has 0 aliphatic rings. The van der Waals surface area contributed by atoms with E-state index in [0.717, 1.165) is 11.1 Å². The summed E-state index contributed by atoms with van der Waals surface area (Å²) in [6.45, 7) is 18.6. The van der Waals surface area contributed by atoms with E-state index in [1.807, 2.05) is 93.2 Å². The summed E-state index contributed by atoms with van der Waals surface area (Å²) in [6, 6.07) is 19.7. The SMILES string of the molecule is C=O.CC(C)COC(=O)Cl.CN(CC(=O)O)Cc1ccccc1.CN(CC(=O)P(C)(C)=O)Cc1ccccc1.CNCC(=O)P(C)(C)=O.CP(C)(=O)C(=O)CNCN(O)C(=O)C(F)(F)F.C[P+](C)=O.O=C(NO)C(F)(F)F. The average molecular weight is 1220 g/mol. The lowest BCUT2D eigenvalue weighted by Crippen LogP contribution is -2.44. The molecule has 0 aliphatic carbocycles. The minimum Gasteiger partial charge on any atom is -0.480 e. The molecule has 6 N–H and O–H groups in total. The topological polar surface area (TPSA) is 321 Å². The van der Waals surface area contributed by atoms with E-state index in [0.29, 0.717) is 31.1 Å². The Morgan fingerprint density at radius 2 is 1.05 bits per heavy atom. The van der Waals surface area contributed by atoms with E-state index in [1.165, 1.54) is 40.0 Å². The van der Waals surface area contributed by atoms with E-state index in [-0.39, 0.29) is 30.7 Å². The smallest absolute Gasteiger partial charge is 0.473 e. The second kappa shape index (κ2) is 44.3. The number of aliphatic carboxylic acids is 1. The van der Waals surface area contributed by atoms with Crippen molar-refractivity contribution in [2.24, 2.45) is 5.92 Å². The van der Waals surface area contributed by atoms with Gasteiger partial charge in [0.1, 0.15) is 41.5 Å². The van der Waals surface area contributed by atoms with E-state index in [4.69, 9.17) is 31.9 Å².